The van der Waals surface area contributed by atoms with E-state index in [0.29, 0.717) is 49.0 Å². The predicted octanol–water partition coefficient (Wildman–Crippen LogP) is 3.26. The second-order valence-electron chi connectivity index (χ2n) is 8.43. The Bertz CT molecular complexity index is 1200. The van der Waals surface area contributed by atoms with E-state index < -0.39 is 10.0 Å². The number of benzene rings is 2. The van der Waals surface area contributed by atoms with Gasteiger partial charge in [0.2, 0.25) is 27.7 Å². The molecule has 0 atom stereocenters. The minimum Gasteiger partial charge on any atom is -0.421 e. The van der Waals surface area contributed by atoms with Crippen LogP contribution in [0.4, 0.5) is 0 Å². The molecule has 1 amide bonds. The zero-order chi connectivity index (χ0) is 23.4. The van der Waals surface area contributed by atoms with E-state index in [0.717, 1.165) is 16.7 Å². The van der Waals surface area contributed by atoms with Gasteiger partial charge in [0.1, 0.15) is 0 Å². The molecule has 0 unspecified atom stereocenters. The molecule has 8 nitrogen and oxygen atoms in total. The predicted molar refractivity (Wildman–Crippen MR) is 124 cm³/mol. The SMILES string of the molecule is Cc1ccc(-c2nnc(CCC(=O)NC3CCN(S(=O)(=O)c4ccc(C)cc4)CC3)o2)cc1. The van der Waals surface area contributed by atoms with E-state index in [2.05, 4.69) is 15.5 Å². The van der Waals surface area contributed by atoms with Crippen molar-refractivity contribution in [3.63, 3.8) is 0 Å². The number of aromatic nitrogens is 2. The van der Waals surface area contributed by atoms with Crippen molar-refractivity contribution < 1.29 is 17.6 Å². The maximum atomic E-state index is 12.8. The molecule has 1 aliphatic heterocycles. The Labute approximate surface area is 194 Å². The highest BCUT2D eigenvalue weighted by molar-refractivity contribution is 7.89. The molecule has 1 N–H and O–H groups in total. The van der Waals surface area contributed by atoms with Gasteiger partial charge in [-0.05, 0) is 51.0 Å². The lowest BCUT2D eigenvalue weighted by molar-refractivity contribution is -0.122. The lowest BCUT2D eigenvalue weighted by Crippen LogP contribution is -2.46. The average molecular weight is 469 g/mol. The number of amides is 1. The third-order valence-corrected chi connectivity index (χ3v) is 7.72. The number of hydrogen-bond donors (Lipinski definition) is 1. The van der Waals surface area contributed by atoms with Gasteiger partial charge in [-0.25, -0.2) is 8.42 Å². The van der Waals surface area contributed by atoms with E-state index in [-0.39, 0.29) is 18.4 Å². The summed E-state index contributed by atoms with van der Waals surface area (Å²) in [6, 6.07) is 14.6. The topological polar surface area (TPSA) is 105 Å². The maximum Gasteiger partial charge on any atom is 0.247 e. The molecule has 3 aromatic rings. The number of carbonyl (C=O) groups is 1. The number of rotatable bonds is 7. The Kier molecular flexibility index (Phi) is 6.90. The summed E-state index contributed by atoms with van der Waals surface area (Å²) in [7, 11) is -3.51. The van der Waals surface area contributed by atoms with E-state index in [1.807, 2.05) is 38.1 Å². The van der Waals surface area contributed by atoms with Crippen LogP contribution < -0.4 is 5.32 Å². The number of aryl methyl sites for hydroxylation is 3. The van der Waals surface area contributed by atoms with Gasteiger partial charge in [0.05, 0.1) is 4.90 Å². The van der Waals surface area contributed by atoms with Gasteiger partial charge in [0.25, 0.3) is 0 Å². The first kappa shape index (κ1) is 23.1. The van der Waals surface area contributed by atoms with Gasteiger partial charge in [-0.3, -0.25) is 4.79 Å². The minimum absolute atomic E-state index is 0.0484. The molecule has 1 aliphatic rings. The molecule has 2 aromatic carbocycles. The molecular weight excluding hydrogens is 440 g/mol. The Balaban J connectivity index is 1.24. The van der Waals surface area contributed by atoms with E-state index in [1.165, 1.54) is 4.31 Å². The number of nitrogens with one attached hydrogen (secondary N) is 1. The van der Waals surface area contributed by atoms with Gasteiger partial charge in [0, 0.05) is 37.5 Å². The third kappa shape index (κ3) is 5.66. The molecule has 0 aliphatic carbocycles. The van der Waals surface area contributed by atoms with Crippen molar-refractivity contribution in [3.05, 3.63) is 65.5 Å². The number of piperidine rings is 1. The smallest absolute Gasteiger partial charge is 0.247 e. The molecule has 0 saturated carbocycles. The van der Waals surface area contributed by atoms with E-state index in [4.69, 9.17) is 4.42 Å². The fraction of sp³-hybridized carbons (Fsp3) is 0.375. The monoisotopic (exact) mass is 468 g/mol. The van der Waals surface area contributed by atoms with Crippen LogP contribution in [0.5, 0.6) is 0 Å². The molecule has 2 heterocycles. The summed E-state index contributed by atoms with van der Waals surface area (Å²) in [4.78, 5) is 12.7. The lowest BCUT2D eigenvalue weighted by atomic mass is 10.1. The van der Waals surface area contributed by atoms with Crippen LogP contribution in [-0.2, 0) is 21.2 Å². The first-order chi connectivity index (χ1) is 15.8. The molecule has 0 spiro atoms. The maximum absolute atomic E-state index is 12.8. The van der Waals surface area contributed by atoms with Crippen molar-refractivity contribution in [1.29, 1.82) is 0 Å². The Morgan fingerprint density at radius 2 is 1.61 bits per heavy atom. The highest BCUT2D eigenvalue weighted by Gasteiger charge is 2.29. The van der Waals surface area contributed by atoms with Gasteiger partial charge < -0.3 is 9.73 Å². The lowest BCUT2D eigenvalue weighted by Gasteiger charge is -2.31. The molecule has 4 rings (SSSR count). The zero-order valence-electron chi connectivity index (χ0n) is 18.8. The van der Waals surface area contributed by atoms with E-state index in [9.17, 15) is 13.2 Å². The molecule has 1 fully saturated rings. The van der Waals surface area contributed by atoms with Crippen LogP contribution in [-0.4, -0.2) is 48.0 Å². The van der Waals surface area contributed by atoms with Crippen molar-refractivity contribution in [3.8, 4) is 11.5 Å². The quantitative estimate of drug-likeness (QED) is 0.571. The van der Waals surface area contributed by atoms with Gasteiger partial charge >= 0.3 is 0 Å². The number of sulfonamides is 1. The van der Waals surface area contributed by atoms with Gasteiger partial charge in [-0.1, -0.05) is 35.4 Å². The Hall–Kier alpha value is -3.04. The second kappa shape index (κ2) is 9.84. The largest absolute Gasteiger partial charge is 0.421 e. The van der Waals surface area contributed by atoms with Crippen LogP contribution in [0.3, 0.4) is 0 Å². The van der Waals surface area contributed by atoms with Crippen LogP contribution in [0.25, 0.3) is 11.5 Å². The van der Waals surface area contributed by atoms with Crippen LogP contribution in [0.1, 0.15) is 36.3 Å². The molecule has 1 saturated heterocycles. The molecule has 9 heteroatoms. The highest BCUT2D eigenvalue weighted by atomic mass is 32.2. The van der Waals surface area contributed by atoms with Crippen molar-refractivity contribution in [2.45, 2.75) is 50.5 Å². The first-order valence-corrected chi connectivity index (χ1v) is 12.5. The molecular formula is C24H28N4O4S. The first-order valence-electron chi connectivity index (χ1n) is 11.1. The van der Waals surface area contributed by atoms with Gasteiger partial charge in [-0.15, -0.1) is 10.2 Å². The molecule has 33 heavy (non-hydrogen) atoms. The van der Waals surface area contributed by atoms with Crippen LogP contribution in [0, 0.1) is 13.8 Å². The number of carbonyl (C=O) groups excluding carboxylic acids is 1. The Morgan fingerprint density at radius 1 is 1.00 bits per heavy atom. The van der Waals surface area contributed by atoms with Crippen LogP contribution in [0.2, 0.25) is 0 Å². The summed E-state index contributed by atoms with van der Waals surface area (Å²) in [6.45, 7) is 4.69. The molecule has 1 aromatic heterocycles. The number of nitrogens with zero attached hydrogens (tertiary/aromatic N) is 3. The minimum atomic E-state index is -3.51. The summed E-state index contributed by atoms with van der Waals surface area (Å²) >= 11 is 0. The van der Waals surface area contributed by atoms with Gasteiger partial charge in [0.15, 0.2) is 0 Å². The molecule has 0 radical (unpaired) electrons. The fourth-order valence-corrected chi connectivity index (χ4v) is 5.26. The van der Waals surface area contributed by atoms with Crippen molar-refractivity contribution in [2.75, 3.05) is 13.1 Å². The van der Waals surface area contributed by atoms with E-state index >= 15 is 0 Å². The average Bonchev–Trinajstić information content (AvgIpc) is 3.28. The van der Waals surface area contributed by atoms with Crippen molar-refractivity contribution >= 4 is 15.9 Å². The molecule has 174 valence electrons. The van der Waals surface area contributed by atoms with Crippen molar-refractivity contribution in [1.82, 2.24) is 19.8 Å². The van der Waals surface area contributed by atoms with Crippen LogP contribution in [0.15, 0.2) is 57.8 Å². The number of hydrogen-bond acceptors (Lipinski definition) is 6. The summed E-state index contributed by atoms with van der Waals surface area (Å²) in [6.07, 6.45) is 1.74. The van der Waals surface area contributed by atoms with Crippen LogP contribution >= 0.6 is 0 Å². The van der Waals surface area contributed by atoms with Crippen molar-refractivity contribution in [2.24, 2.45) is 0 Å². The normalized spacial score (nSPS) is 15.5. The highest BCUT2D eigenvalue weighted by Crippen LogP contribution is 2.22. The summed E-state index contributed by atoms with van der Waals surface area (Å²) in [5.41, 5.74) is 3.01. The van der Waals surface area contributed by atoms with Gasteiger partial charge in [-0.2, -0.15) is 4.31 Å². The Morgan fingerprint density at radius 3 is 2.24 bits per heavy atom. The zero-order valence-corrected chi connectivity index (χ0v) is 19.6. The fourth-order valence-electron chi connectivity index (χ4n) is 3.79. The second-order valence-corrected chi connectivity index (χ2v) is 10.4. The summed E-state index contributed by atoms with van der Waals surface area (Å²) in [5, 5.41) is 11.1. The standard InChI is InChI=1S/C24H28N4O4S/c1-17-3-7-19(8-4-17)24-27-26-23(32-24)12-11-22(29)25-20-13-15-28(16-14-20)33(30,31)21-9-5-18(2)6-10-21/h3-10,20H,11-16H2,1-2H3,(H,25,29). The van der Waals surface area contributed by atoms with E-state index in [1.54, 1.807) is 24.3 Å². The third-order valence-electron chi connectivity index (χ3n) is 5.81. The summed E-state index contributed by atoms with van der Waals surface area (Å²) in [5.74, 6) is 0.747. The molecule has 0 bridgehead atoms. The summed E-state index contributed by atoms with van der Waals surface area (Å²) < 4.78 is 32.8.